The Morgan fingerprint density at radius 1 is 1.14 bits per heavy atom. The first kappa shape index (κ1) is 27.1. The van der Waals surface area contributed by atoms with Crippen LogP contribution >= 0.6 is 0 Å². The molecule has 0 radical (unpaired) electrons. The van der Waals surface area contributed by atoms with Crippen LogP contribution in [0.15, 0.2) is 48.5 Å². The smallest absolute Gasteiger partial charge is 0.371 e. The van der Waals surface area contributed by atoms with Gasteiger partial charge in [-0.15, -0.1) is 0 Å². The summed E-state index contributed by atoms with van der Waals surface area (Å²) < 4.78 is 64.1. The van der Waals surface area contributed by atoms with Gasteiger partial charge in [0.05, 0.1) is 42.6 Å². The maximum absolute atomic E-state index is 13.2. The van der Waals surface area contributed by atoms with E-state index in [4.69, 9.17) is 18.9 Å². The average Bonchev–Trinajstić information content (AvgIpc) is 3.19. The fourth-order valence-corrected chi connectivity index (χ4v) is 4.95. The highest BCUT2D eigenvalue weighted by Crippen LogP contribution is 2.44. The molecule has 10 heteroatoms. The number of fused-ring (bicyclic) bond motifs is 1. The van der Waals surface area contributed by atoms with Crippen molar-refractivity contribution in [3.05, 3.63) is 70.8 Å². The van der Waals surface area contributed by atoms with E-state index >= 15 is 0 Å². The van der Waals surface area contributed by atoms with E-state index in [0.29, 0.717) is 11.1 Å². The first-order valence-corrected chi connectivity index (χ1v) is 11.9. The van der Waals surface area contributed by atoms with E-state index in [0.717, 1.165) is 12.1 Å². The van der Waals surface area contributed by atoms with Crippen LogP contribution in [0.3, 0.4) is 0 Å². The predicted molar refractivity (Wildman–Crippen MR) is 126 cm³/mol. The van der Waals surface area contributed by atoms with Crippen molar-refractivity contribution in [2.45, 2.75) is 75.8 Å². The Kier molecular flexibility index (Phi) is 7.62. The summed E-state index contributed by atoms with van der Waals surface area (Å²) in [4.78, 5) is 13.2. The lowest BCUT2D eigenvalue weighted by molar-refractivity contribution is -0.183. The van der Waals surface area contributed by atoms with Crippen molar-refractivity contribution in [3.63, 3.8) is 0 Å². The SMILES string of the molecule is CNC(=O)[C@@]1(OCc2cccc(C(F)(F)F)c2)C[C@@H](OCc2ccccc2C#N)[C@@H]2OC(C)(C)O[C@@H]2C1. The molecule has 1 amide bonds. The van der Waals surface area contributed by atoms with Crippen LogP contribution in [0.5, 0.6) is 0 Å². The Morgan fingerprint density at radius 2 is 1.89 bits per heavy atom. The van der Waals surface area contributed by atoms with Gasteiger partial charge in [-0.1, -0.05) is 30.3 Å². The zero-order chi connectivity index (χ0) is 26.8. The van der Waals surface area contributed by atoms with Crippen molar-refractivity contribution in [2.75, 3.05) is 7.05 Å². The molecular weight excluding hydrogens is 489 g/mol. The molecule has 198 valence electrons. The van der Waals surface area contributed by atoms with Crippen molar-refractivity contribution < 1.29 is 36.9 Å². The van der Waals surface area contributed by atoms with Gasteiger partial charge in [0.2, 0.25) is 0 Å². The molecule has 1 aliphatic carbocycles. The normalized spacial score (nSPS) is 26.8. The number of rotatable bonds is 7. The largest absolute Gasteiger partial charge is 0.416 e. The molecule has 0 spiro atoms. The Bertz CT molecular complexity index is 1180. The quantitative estimate of drug-likeness (QED) is 0.582. The fourth-order valence-electron chi connectivity index (χ4n) is 4.95. The molecular formula is C27H29F3N2O5. The third-order valence-electron chi connectivity index (χ3n) is 6.65. The topological polar surface area (TPSA) is 89.8 Å². The van der Waals surface area contributed by atoms with E-state index < -0.39 is 47.3 Å². The molecule has 4 atom stereocenters. The number of ether oxygens (including phenoxy) is 4. The molecule has 1 saturated heterocycles. The number of amides is 1. The van der Waals surface area contributed by atoms with Crippen molar-refractivity contribution >= 4 is 5.91 Å². The molecule has 4 rings (SSSR count). The monoisotopic (exact) mass is 518 g/mol. The number of hydrogen-bond acceptors (Lipinski definition) is 6. The minimum Gasteiger partial charge on any atom is -0.371 e. The van der Waals surface area contributed by atoms with Crippen LogP contribution in [-0.4, -0.2) is 42.7 Å². The first-order valence-electron chi connectivity index (χ1n) is 11.9. The van der Waals surface area contributed by atoms with E-state index in [1.807, 2.05) is 0 Å². The molecule has 2 aromatic carbocycles. The fraction of sp³-hybridized carbons (Fsp3) is 0.481. The van der Waals surface area contributed by atoms with Crippen molar-refractivity contribution in [1.29, 1.82) is 5.26 Å². The lowest BCUT2D eigenvalue weighted by Gasteiger charge is -2.43. The van der Waals surface area contributed by atoms with Gasteiger partial charge in [0, 0.05) is 19.9 Å². The van der Waals surface area contributed by atoms with Gasteiger partial charge in [0.1, 0.15) is 6.10 Å². The number of carbonyl (C=O) groups excluding carboxylic acids is 1. The van der Waals surface area contributed by atoms with Crippen LogP contribution in [0, 0.1) is 11.3 Å². The van der Waals surface area contributed by atoms with Crippen molar-refractivity contribution in [3.8, 4) is 6.07 Å². The van der Waals surface area contributed by atoms with Crippen LogP contribution in [0.4, 0.5) is 13.2 Å². The van der Waals surface area contributed by atoms with E-state index in [2.05, 4.69) is 11.4 Å². The highest BCUT2D eigenvalue weighted by Gasteiger charge is 2.57. The second-order valence-corrected chi connectivity index (χ2v) is 9.73. The predicted octanol–water partition coefficient (Wildman–Crippen LogP) is 4.48. The summed E-state index contributed by atoms with van der Waals surface area (Å²) in [5, 5.41) is 12.0. The third kappa shape index (κ3) is 5.96. The van der Waals surface area contributed by atoms with Crippen LogP contribution < -0.4 is 5.32 Å². The summed E-state index contributed by atoms with van der Waals surface area (Å²) in [6.07, 6.45) is -5.98. The average molecular weight is 519 g/mol. The van der Waals surface area contributed by atoms with Gasteiger partial charge in [0.25, 0.3) is 5.91 Å². The third-order valence-corrected chi connectivity index (χ3v) is 6.65. The number of hydrogen-bond donors (Lipinski definition) is 1. The lowest BCUT2D eigenvalue weighted by atomic mass is 9.78. The van der Waals surface area contributed by atoms with Gasteiger partial charge in [-0.2, -0.15) is 18.4 Å². The summed E-state index contributed by atoms with van der Waals surface area (Å²) >= 11 is 0. The highest BCUT2D eigenvalue weighted by atomic mass is 19.4. The zero-order valence-electron chi connectivity index (χ0n) is 20.8. The molecule has 2 aromatic rings. The molecule has 0 unspecified atom stereocenters. The number of carbonyl (C=O) groups is 1. The Balaban J connectivity index is 1.60. The number of nitrogens with zero attached hydrogens (tertiary/aromatic N) is 1. The van der Waals surface area contributed by atoms with Gasteiger partial charge >= 0.3 is 6.18 Å². The molecule has 1 saturated carbocycles. The molecule has 37 heavy (non-hydrogen) atoms. The molecule has 2 aliphatic rings. The Morgan fingerprint density at radius 3 is 2.59 bits per heavy atom. The van der Waals surface area contributed by atoms with Crippen LogP contribution in [0.25, 0.3) is 0 Å². The molecule has 0 bridgehead atoms. The first-order chi connectivity index (χ1) is 17.5. The molecule has 2 fully saturated rings. The minimum atomic E-state index is -4.49. The van der Waals surface area contributed by atoms with E-state index in [1.165, 1.54) is 19.2 Å². The molecule has 1 aliphatic heterocycles. The standard InChI is InChI=1S/C27H29F3N2O5/c1-25(2)36-22-13-26(24(33)32-3,35-15-17-7-6-10-20(11-17)27(28,29)30)12-21(23(22)37-25)34-16-19-9-5-4-8-18(19)14-31/h4-11,21-23H,12-13,15-16H2,1-3H3,(H,32,33)/t21-,22-,23+,26-/m1/s1. The van der Waals surface area contributed by atoms with E-state index in [1.54, 1.807) is 38.1 Å². The maximum atomic E-state index is 13.2. The summed E-state index contributed by atoms with van der Waals surface area (Å²) in [5.74, 6) is -1.36. The number of benzene rings is 2. The van der Waals surface area contributed by atoms with Crippen molar-refractivity contribution in [2.24, 2.45) is 0 Å². The van der Waals surface area contributed by atoms with Gasteiger partial charge in [0.15, 0.2) is 11.4 Å². The van der Waals surface area contributed by atoms with Crippen molar-refractivity contribution in [1.82, 2.24) is 5.32 Å². The molecule has 1 N–H and O–H groups in total. The van der Waals surface area contributed by atoms with Crippen LogP contribution in [-0.2, 0) is 43.1 Å². The van der Waals surface area contributed by atoms with E-state index in [-0.39, 0.29) is 31.6 Å². The minimum absolute atomic E-state index is 0.0843. The Hall–Kier alpha value is -2.97. The number of nitriles is 1. The zero-order valence-corrected chi connectivity index (χ0v) is 20.8. The second-order valence-electron chi connectivity index (χ2n) is 9.73. The lowest BCUT2D eigenvalue weighted by Crippen LogP contribution is -2.59. The molecule has 7 nitrogen and oxygen atoms in total. The summed E-state index contributed by atoms with van der Waals surface area (Å²) in [7, 11) is 1.47. The van der Waals surface area contributed by atoms with Gasteiger partial charge in [-0.3, -0.25) is 4.79 Å². The summed E-state index contributed by atoms with van der Waals surface area (Å²) in [6, 6.07) is 14.0. The number of likely N-dealkylation sites (N-methyl/N-ethyl adjacent to an activating group) is 1. The van der Waals surface area contributed by atoms with Crippen LogP contribution in [0.1, 0.15) is 48.9 Å². The molecule has 0 aromatic heterocycles. The highest BCUT2D eigenvalue weighted by molar-refractivity contribution is 5.85. The maximum Gasteiger partial charge on any atom is 0.416 e. The number of nitrogens with one attached hydrogen (secondary N) is 1. The van der Waals surface area contributed by atoms with Gasteiger partial charge in [-0.05, 0) is 43.2 Å². The number of halogens is 3. The second kappa shape index (κ2) is 10.4. The molecule has 1 heterocycles. The summed E-state index contributed by atoms with van der Waals surface area (Å²) in [5.41, 5.74) is -0.798. The summed E-state index contributed by atoms with van der Waals surface area (Å²) in [6.45, 7) is 3.40. The van der Waals surface area contributed by atoms with Gasteiger partial charge < -0.3 is 24.3 Å². The van der Waals surface area contributed by atoms with Gasteiger partial charge in [-0.25, -0.2) is 0 Å². The number of alkyl halides is 3. The van der Waals surface area contributed by atoms with Crippen LogP contribution in [0.2, 0.25) is 0 Å². The van der Waals surface area contributed by atoms with E-state index in [9.17, 15) is 23.2 Å². The Labute approximate surface area is 213 Å².